The van der Waals surface area contributed by atoms with Crippen molar-refractivity contribution >= 4 is 17.2 Å². The lowest BCUT2D eigenvalue weighted by molar-refractivity contribution is 0.623. The molecule has 2 aromatic heterocycles. The maximum Gasteiger partial charge on any atom is 0.328 e. The quantitative estimate of drug-likeness (QED) is 0.832. The summed E-state index contributed by atoms with van der Waals surface area (Å²) < 4.78 is 3.32. The minimum atomic E-state index is -0.0282. The molecular formula is C13H16N4OS. The maximum atomic E-state index is 12.1. The van der Waals surface area contributed by atoms with Crippen LogP contribution in [0.15, 0.2) is 35.5 Å². The van der Waals surface area contributed by atoms with E-state index in [0.717, 1.165) is 18.5 Å². The van der Waals surface area contributed by atoms with Crippen molar-refractivity contribution in [2.45, 2.75) is 26.4 Å². The fourth-order valence-corrected chi connectivity index (χ4v) is 2.14. The second-order valence-electron chi connectivity index (χ2n) is 4.28. The van der Waals surface area contributed by atoms with Crippen molar-refractivity contribution in [3.63, 3.8) is 0 Å². The third kappa shape index (κ3) is 2.90. The number of nitrogens with two attached hydrogens (primary N) is 1. The molecule has 2 N–H and O–H groups in total. The van der Waals surface area contributed by atoms with Gasteiger partial charge in [0.15, 0.2) is 0 Å². The van der Waals surface area contributed by atoms with Crippen LogP contribution in [0.3, 0.4) is 0 Å². The van der Waals surface area contributed by atoms with E-state index < -0.39 is 0 Å². The van der Waals surface area contributed by atoms with E-state index in [1.807, 2.05) is 19.1 Å². The van der Waals surface area contributed by atoms with E-state index in [-0.39, 0.29) is 10.7 Å². The number of pyridine rings is 1. The van der Waals surface area contributed by atoms with Gasteiger partial charge < -0.3 is 5.73 Å². The number of aryl methyl sites for hydroxylation is 1. The lowest BCUT2D eigenvalue weighted by Gasteiger charge is -2.07. The van der Waals surface area contributed by atoms with Crippen LogP contribution >= 0.6 is 12.2 Å². The van der Waals surface area contributed by atoms with E-state index in [1.54, 1.807) is 27.7 Å². The van der Waals surface area contributed by atoms with Crippen LogP contribution in [0.25, 0.3) is 0 Å². The average Bonchev–Trinajstić information content (AvgIpc) is 2.73. The van der Waals surface area contributed by atoms with Gasteiger partial charge in [0.05, 0.1) is 6.54 Å². The van der Waals surface area contributed by atoms with Gasteiger partial charge in [0.2, 0.25) is 0 Å². The fraction of sp³-hybridized carbons (Fsp3) is 0.308. The zero-order valence-corrected chi connectivity index (χ0v) is 11.6. The van der Waals surface area contributed by atoms with Crippen LogP contribution in [-0.2, 0) is 13.1 Å². The Kier molecular flexibility index (Phi) is 4.11. The highest BCUT2D eigenvalue weighted by Crippen LogP contribution is 2.07. The molecule has 6 heteroatoms. The number of aromatic nitrogens is 3. The summed E-state index contributed by atoms with van der Waals surface area (Å²) in [6.45, 7) is 3.19. The monoisotopic (exact) mass is 276 g/mol. The van der Waals surface area contributed by atoms with Crippen molar-refractivity contribution in [2.24, 2.45) is 5.73 Å². The molecule has 0 saturated carbocycles. The smallest absolute Gasteiger partial charge is 0.328 e. The van der Waals surface area contributed by atoms with Crippen LogP contribution in [0, 0.1) is 0 Å². The van der Waals surface area contributed by atoms with Crippen molar-refractivity contribution in [2.75, 3.05) is 0 Å². The van der Waals surface area contributed by atoms with Crippen LogP contribution in [0.4, 0.5) is 0 Å². The lowest BCUT2D eigenvalue weighted by Crippen LogP contribution is -2.25. The van der Waals surface area contributed by atoms with Gasteiger partial charge in [0, 0.05) is 30.7 Å². The van der Waals surface area contributed by atoms with E-state index >= 15 is 0 Å². The molecule has 0 aliphatic heterocycles. The zero-order chi connectivity index (χ0) is 13.8. The predicted octanol–water partition coefficient (Wildman–Crippen LogP) is 1.14. The summed E-state index contributed by atoms with van der Waals surface area (Å²) in [5.74, 6) is 0. The third-order valence-electron chi connectivity index (χ3n) is 2.85. The number of nitrogens with zero attached hydrogens (tertiary/aromatic N) is 3. The second kappa shape index (κ2) is 5.79. The molecule has 0 spiro atoms. The van der Waals surface area contributed by atoms with Crippen LogP contribution in [-0.4, -0.2) is 19.1 Å². The number of thiocarbonyl (C=S) groups is 1. The summed E-state index contributed by atoms with van der Waals surface area (Å²) in [6.07, 6.45) is 6.13. The number of imidazole rings is 1. The van der Waals surface area contributed by atoms with Crippen molar-refractivity contribution in [3.05, 3.63) is 52.5 Å². The molecule has 2 heterocycles. The minimum absolute atomic E-state index is 0.0282. The predicted molar refractivity (Wildman–Crippen MR) is 78.2 cm³/mol. The first-order chi connectivity index (χ1) is 9.13. The lowest BCUT2D eigenvalue weighted by atomic mass is 10.2. The first-order valence-corrected chi connectivity index (χ1v) is 6.53. The van der Waals surface area contributed by atoms with Crippen LogP contribution in [0.1, 0.15) is 24.6 Å². The van der Waals surface area contributed by atoms with Crippen molar-refractivity contribution in [1.29, 1.82) is 0 Å². The molecular weight excluding hydrogens is 260 g/mol. The molecule has 0 radical (unpaired) electrons. The van der Waals surface area contributed by atoms with Gasteiger partial charge in [-0.05, 0) is 12.5 Å². The molecule has 19 heavy (non-hydrogen) atoms. The normalized spacial score (nSPS) is 10.6. The fourth-order valence-electron chi connectivity index (χ4n) is 1.96. The van der Waals surface area contributed by atoms with E-state index in [2.05, 4.69) is 4.98 Å². The SMILES string of the molecule is CCCn1ccn(Cc2cccnc2C(N)=S)c1=O. The van der Waals surface area contributed by atoms with E-state index in [9.17, 15) is 4.79 Å². The standard InChI is InChI=1S/C13H16N4OS/c1-2-6-16-7-8-17(13(16)18)9-10-4-3-5-15-11(10)12(14)19/h3-5,7-8H,2,6,9H2,1H3,(H2,14,19). The van der Waals surface area contributed by atoms with Gasteiger partial charge in [0.25, 0.3) is 0 Å². The molecule has 2 aromatic rings. The second-order valence-corrected chi connectivity index (χ2v) is 4.72. The van der Waals surface area contributed by atoms with Crippen molar-refractivity contribution in [3.8, 4) is 0 Å². The molecule has 0 aliphatic rings. The highest BCUT2D eigenvalue weighted by atomic mass is 32.1. The van der Waals surface area contributed by atoms with Crippen LogP contribution in [0.5, 0.6) is 0 Å². The van der Waals surface area contributed by atoms with Gasteiger partial charge >= 0.3 is 5.69 Å². The van der Waals surface area contributed by atoms with Gasteiger partial charge in [-0.2, -0.15) is 0 Å². The Morgan fingerprint density at radius 1 is 1.42 bits per heavy atom. The van der Waals surface area contributed by atoms with E-state index in [1.165, 1.54) is 0 Å². The van der Waals surface area contributed by atoms with Gasteiger partial charge in [-0.25, -0.2) is 4.79 Å². The molecule has 0 unspecified atom stereocenters. The summed E-state index contributed by atoms with van der Waals surface area (Å²) in [5.41, 5.74) is 7.04. The Balaban J connectivity index is 2.32. The molecule has 5 nitrogen and oxygen atoms in total. The third-order valence-corrected chi connectivity index (χ3v) is 3.04. The molecule has 0 bridgehead atoms. The highest BCUT2D eigenvalue weighted by Gasteiger charge is 2.09. The van der Waals surface area contributed by atoms with Crippen LogP contribution in [0.2, 0.25) is 0 Å². The Morgan fingerprint density at radius 2 is 2.16 bits per heavy atom. The van der Waals surface area contributed by atoms with Gasteiger partial charge in [-0.1, -0.05) is 25.2 Å². The number of hydrogen-bond acceptors (Lipinski definition) is 3. The molecule has 0 saturated heterocycles. The Hall–Kier alpha value is -1.95. The molecule has 0 atom stereocenters. The zero-order valence-electron chi connectivity index (χ0n) is 10.7. The highest BCUT2D eigenvalue weighted by molar-refractivity contribution is 7.80. The Labute approximate surface area is 116 Å². The summed E-state index contributed by atoms with van der Waals surface area (Å²) in [4.78, 5) is 16.5. The maximum absolute atomic E-state index is 12.1. The van der Waals surface area contributed by atoms with Gasteiger partial charge in [0.1, 0.15) is 10.7 Å². The molecule has 0 fully saturated rings. The molecule has 0 aromatic carbocycles. The number of rotatable bonds is 5. The molecule has 2 rings (SSSR count). The topological polar surface area (TPSA) is 65.8 Å². The first-order valence-electron chi connectivity index (χ1n) is 6.12. The largest absolute Gasteiger partial charge is 0.388 e. The Bertz CT molecular complexity index is 644. The Morgan fingerprint density at radius 3 is 2.84 bits per heavy atom. The average molecular weight is 276 g/mol. The summed E-state index contributed by atoms with van der Waals surface area (Å²) in [5, 5.41) is 0. The van der Waals surface area contributed by atoms with E-state index in [4.69, 9.17) is 18.0 Å². The van der Waals surface area contributed by atoms with Crippen LogP contribution < -0.4 is 11.4 Å². The van der Waals surface area contributed by atoms with Gasteiger partial charge in [-0.15, -0.1) is 0 Å². The molecule has 0 aliphatic carbocycles. The number of hydrogen-bond donors (Lipinski definition) is 1. The summed E-state index contributed by atoms with van der Waals surface area (Å²) in [7, 11) is 0. The first kappa shape index (κ1) is 13.5. The van der Waals surface area contributed by atoms with Crippen molar-refractivity contribution in [1.82, 2.24) is 14.1 Å². The van der Waals surface area contributed by atoms with Crippen molar-refractivity contribution < 1.29 is 0 Å². The molecule has 100 valence electrons. The summed E-state index contributed by atoms with van der Waals surface area (Å²) in [6, 6.07) is 3.69. The minimum Gasteiger partial charge on any atom is -0.388 e. The van der Waals surface area contributed by atoms with E-state index in [0.29, 0.717) is 12.2 Å². The van der Waals surface area contributed by atoms with Gasteiger partial charge in [-0.3, -0.25) is 14.1 Å². The molecule has 0 amide bonds. The summed E-state index contributed by atoms with van der Waals surface area (Å²) >= 11 is 4.97.